The van der Waals surface area contributed by atoms with Gasteiger partial charge in [0, 0.05) is 12.6 Å². The Labute approximate surface area is 94.4 Å². The number of hydrogen-bond acceptors (Lipinski definition) is 2. The molecule has 1 atom stereocenters. The number of rotatable bonds is 5. The summed E-state index contributed by atoms with van der Waals surface area (Å²) < 4.78 is 0. The quantitative estimate of drug-likeness (QED) is 0.699. The van der Waals surface area contributed by atoms with Gasteiger partial charge >= 0.3 is 0 Å². The Morgan fingerprint density at radius 2 is 2.00 bits per heavy atom. The molecule has 0 radical (unpaired) electrons. The van der Waals surface area contributed by atoms with Gasteiger partial charge in [-0.25, -0.2) is 0 Å². The Bertz CT molecular complexity index is 183. The van der Waals surface area contributed by atoms with Crippen LogP contribution in [0.3, 0.4) is 0 Å². The summed E-state index contributed by atoms with van der Waals surface area (Å²) in [5, 5.41) is 3.77. The molecule has 2 heteroatoms. The number of nitrogens with one attached hydrogen (secondary N) is 1. The summed E-state index contributed by atoms with van der Waals surface area (Å²) in [6.45, 7) is 9.88. The standard InChI is InChI=1S/C13H26N2/c1-11(2)4-3-7-14-13-10-15-8-5-12(13)6-9-15/h11-14H,3-10H2,1-2H3. The van der Waals surface area contributed by atoms with Gasteiger partial charge in [0.1, 0.15) is 0 Å². The summed E-state index contributed by atoms with van der Waals surface area (Å²) in [4.78, 5) is 2.63. The summed E-state index contributed by atoms with van der Waals surface area (Å²) >= 11 is 0. The van der Waals surface area contributed by atoms with Gasteiger partial charge in [-0.3, -0.25) is 0 Å². The highest BCUT2D eigenvalue weighted by Gasteiger charge is 2.33. The molecular formula is C13H26N2. The molecule has 3 saturated heterocycles. The molecule has 2 bridgehead atoms. The van der Waals surface area contributed by atoms with Gasteiger partial charge < -0.3 is 10.2 Å². The molecule has 0 aromatic carbocycles. The summed E-state index contributed by atoms with van der Waals surface area (Å²) in [5.41, 5.74) is 0. The first kappa shape index (κ1) is 11.4. The molecule has 2 nitrogen and oxygen atoms in total. The minimum absolute atomic E-state index is 0.805. The van der Waals surface area contributed by atoms with E-state index in [9.17, 15) is 0 Å². The zero-order chi connectivity index (χ0) is 10.7. The van der Waals surface area contributed by atoms with Crippen LogP contribution in [0.5, 0.6) is 0 Å². The Balaban J connectivity index is 1.63. The summed E-state index contributed by atoms with van der Waals surface area (Å²) in [7, 11) is 0. The first-order chi connectivity index (χ1) is 7.25. The van der Waals surface area contributed by atoms with E-state index in [0.717, 1.165) is 17.9 Å². The molecule has 3 aliphatic rings. The highest BCUT2D eigenvalue weighted by Crippen LogP contribution is 2.27. The predicted molar refractivity (Wildman–Crippen MR) is 65.0 cm³/mol. The van der Waals surface area contributed by atoms with Crippen LogP contribution in [0.15, 0.2) is 0 Å². The maximum absolute atomic E-state index is 3.77. The van der Waals surface area contributed by atoms with E-state index in [1.807, 2.05) is 0 Å². The molecule has 0 aliphatic carbocycles. The third-order valence-corrected chi connectivity index (χ3v) is 4.02. The number of fused-ring (bicyclic) bond motifs is 3. The van der Waals surface area contributed by atoms with E-state index in [0.29, 0.717) is 0 Å². The van der Waals surface area contributed by atoms with Crippen LogP contribution in [0.1, 0.15) is 39.5 Å². The minimum atomic E-state index is 0.805. The summed E-state index contributed by atoms with van der Waals surface area (Å²) in [6, 6.07) is 0.805. The number of nitrogens with zero attached hydrogens (tertiary/aromatic N) is 1. The van der Waals surface area contributed by atoms with E-state index >= 15 is 0 Å². The molecule has 3 heterocycles. The van der Waals surface area contributed by atoms with Crippen LogP contribution in [-0.4, -0.2) is 37.1 Å². The zero-order valence-corrected chi connectivity index (χ0v) is 10.3. The van der Waals surface area contributed by atoms with Gasteiger partial charge in [0.25, 0.3) is 0 Å². The van der Waals surface area contributed by atoms with Crippen molar-refractivity contribution in [3.8, 4) is 0 Å². The third kappa shape index (κ3) is 3.18. The van der Waals surface area contributed by atoms with Crippen LogP contribution in [0.25, 0.3) is 0 Å². The lowest BCUT2D eigenvalue weighted by atomic mass is 9.84. The average Bonchev–Trinajstić information content (AvgIpc) is 2.26. The molecule has 1 N–H and O–H groups in total. The van der Waals surface area contributed by atoms with E-state index in [1.165, 1.54) is 51.9 Å². The van der Waals surface area contributed by atoms with Gasteiger partial charge in [0.15, 0.2) is 0 Å². The van der Waals surface area contributed by atoms with Crippen LogP contribution in [0, 0.1) is 11.8 Å². The van der Waals surface area contributed by atoms with Crippen molar-refractivity contribution < 1.29 is 0 Å². The van der Waals surface area contributed by atoms with E-state index in [4.69, 9.17) is 0 Å². The van der Waals surface area contributed by atoms with E-state index in [-0.39, 0.29) is 0 Å². The SMILES string of the molecule is CC(C)CCCNC1CN2CCC1CC2. The van der Waals surface area contributed by atoms with Crippen LogP contribution in [0.4, 0.5) is 0 Å². The summed E-state index contributed by atoms with van der Waals surface area (Å²) in [5.74, 6) is 1.84. The second-order valence-electron chi connectivity index (χ2n) is 5.73. The van der Waals surface area contributed by atoms with Gasteiger partial charge in [-0.15, -0.1) is 0 Å². The molecule has 3 rings (SSSR count). The summed E-state index contributed by atoms with van der Waals surface area (Å²) in [6.07, 6.45) is 5.58. The van der Waals surface area contributed by atoms with Crippen LogP contribution in [0.2, 0.25) is 0 Å². The average molecular weight is 210 g/mol. The van der Waals surface area contributed by atoms with Crippen molar-refractivity contribution in [1.29, 1.82) is 0 Å². The van der Waals surface area contributed by atoms with Gasteiger partial charge in [0.05, 0.1) is 0 Å². The van der Waals surface area contributed by atoms with Crippen molar-refractivity contribution in [3.63, 3.8) is 0 Å². The monoisotopic (exact) mass is 210 g/mol. The largest absolute Gasteiger partial charge is 0.312 e. The maximum atomic E-state index is 3.77. The molecule has 3 fully saturated rings. The third-order valence-electron chi connectivity index (χ3n) is 4.02. The van der Waals surface area contributed by atoms with Gasteiger partial charge in [-0.2, -0.15) is 0 Å². The Hall–Kier alpha value is -0.0800. The Morgan fingerprint density at radius 1 is 1.27 bits per heavy atom. The number of piperidine rings is 3. The fourth-order valence-corrected chi connectivity index (χ4v) is 2.99. The van der Waals surface area contributed by atoms with E-state index in [2.05, 4.69) is 24.1 Å². The fourth-order valence-electron chi connectivity index (χ4n) is 2.99. The van der Waals surface area contributed by atoms with Crippen molar-refractivity contribution in [2.45, 2.75) is 45.6 Å². The molecule has 1 unspecified atom stereocenters. The molecule has 3 aliphatic heterocycles. The highest BCUT2D eigenvalue weighted by atomic mass is 15.2. The van der Waals surface area contributed by atoms with E-state index < -0.39 is 0 Å². The molecular weight excluding hydrogens is 184 g/mol. The second-order valence-corrected chi connectivity index (χ2v) is 5.73. The van der Waals surface area contributed by atoms with Gasteiger partial charge in [-0.05, 0) is 57.2 Å². The van der Waals surface area contributed by atoms with Crippen molar-refractivity contribution >= 4 is 0 Å². The first-order valence-electron chi connectivity index (χ1n) is 6.71. The first-order valence-corrected chi connectivity index (χ1v) is 6.71. The Morgan fingerprint density at radius 3 is 2.53 bits per heavy atom. The minimum Gasteiger partial charge on any atom is -0.312 e. The Kier molecular flexibility index (Phi) is 4.04. The molecule has 88 valence electrons. The molecule has 0 amide bonds. The second kappa shape index (κ2) is 5.31. The van der Waals surface area contributed by atoms with Gasteiger partial charge in [-0.1, -0.05) is 13.8 Å². The smallest absolute Gasteiger partial charge is 0.0224 e. The molecule has 0 aromatic rings. The van der Waals surface area contributed by atoms with Gasteiger partial charge in [0.2, 0.25) is 0 Å². The molecule has 0 saturated carbocycles. The molecule has 15 heavy (non-hydrogen) atoms. The van der Waals surface area contributed by atoms with Crippen molar-refractivity contribution in [3.05, 3.63) is 0 Å². The van der Waals surface area contributed by atoms with Crippen LogP contribution < -0.4 is 5.32 Å². The maximum Gasteiger partial charge on any atom is 0.0224 e. The predicted octanol–water partition coefficient (Wildman–Crippen LogP) is 2.11. The lowest BCUT2D eigenvalue weighted by molar-refractivity contribution is 0.0726. The van der Waals surface area contributed by atoms with Crippen molar-refractivity contribution in [2.24, 2.45) is 11.8 Å². The molecule has 0 aromatic heterocycles. The van der Waals surface area contributed by atoms with Crippen molar-refractivity contribution in [2.75, 3.05) is 26.2 Å². The van der Waals surface area contributed by atoms with E-state index in [1.54, 1.807) is 0 Å². The normalized spacial score (nSPS) is 35.0. The lowest BCUT2D eigenvalue weighted by Crippen LogP contribution is -2.56. The van der Waals surface area contributed by atoms with Crippen LogP contribution >= 0.6 is 0 Å². The van der Waals surface area contributed by atoms with Crippen LogP contribution in [-0.2, 0) is 0 Å². The highest BCUT2D eigenvalue weighted by molar-refractivity contribution is 4.90. The lowest BCUT2D eigenvalue weighted by Gasteiger charge is -2.45. The fraction of sp³-hybridized carbons (Fsp3) is 1.00. The molecule has 0 spiro atoms. The topological polar surface area (TPSA) is 15.3 Å². The number of hydrogen-bond donors (Lipinski definition) is 1. The van der Waals surface area contributed by atoms with Crippen molar-refractivity contribution in [1.82, 2.24) is 10.2 Å². The zero-order valence-electron chi connectivity index (χ0n) is 10.3.